The van der Waals surface area contributed by atoms with E-state index >= 15 is 0 Å². The van der Waals surface area contributed by atoms with E-state index in [0.29, 0.717) is 17.9 Å². The highest BCUT2D eigenvalue weighted by Crippen LogP contribution is 2.39. The van der Waals surface area contributed by atoms with E-state index in [-0.39, 0.29) is 11.6 Å². The maximum Gasteiger partial charge on any atom is 0.417 e. The third-order valence-electron chi connectivity index (χ3n) is 5.05. The number of rotatable bonds is 2. The maximum atomic E-state index is 13.2. The number of H-pyrrole nitrogens is 1. The first-order valence-electron chi connectivity index (χ1n) is 8.82. The van der Waals surface area contributed by atoms with Crippen LogP contribution < -0.4 is 0 Å². The molecule has 3 heterocycles. The molecular formula is C18H16ClF3N6O. The number of carbonyl (C=O) groups excluding carboxylic acids is 1. The van der Waals surface area contributed by atoms with Crippen molar-refractivity contribution in [1.29, 1.82) is 0 Å². The quantitative estimate of drug-likeness (QED) is 0.678. The number of carbonyl (C=O) groups is 1. The number of fused-ring (bicyclic) bond motifs is 1. The van der Waals surface area contributed by atoms with Crippen LogP contribution in [0.25, 0.3) is 5.82 Å². The van der Waals surface area contributed by atoms with Crippen molar-refractivity contribution in [2.75, 3.05) is 0 Å². The predicted molar refractivity (Wildman–Crippen MR) is 97.7 cm³/mol. The van der Waals surface area contributed by atoms with Gasteiger partial charge in [0, 0.05) is 18.5 Å². The number of halogens is 4. The van der Waals surface area contributed by atoms with Crippen molar-refractivity contribution in [2.45, 2.75) is 38.5 Å². The van der Waals surface area contributed by atoms with Crippen LogP contribution in [0.2, 0.25) is 5.02 Å². The highest BCUT2D eigenvalue weighted by Gasteiger charge is 2.40. The van der Waals surface area contributed by atoms with E-state index in [1.165, 1.54) is 17.0 Å². The van der Waals surface area contributed by atoms with Gasteiger partial charge >= 0.3 is 6.18 Å². The number of amides is 1. The fourth-order valence-corrected chi connectivity index (χ4v) is 4.03. The molecule has 4 rings (SSSR count). The molecular weight excluding hydrogens is 409 g/mol. The third-order valence-corrected chi connectivity index (χ3v) is 5.46. The van der Waals surface area contributed by atoms with E-state index in [1.54, 1.807) is 23.9 Å². The van der Waals surface area contributed by atoms with Crippen LogP contribution in [-0.2, 0) is 12.6 Å². The van der Waals surface area contributed by atoms with Crippen LogP contribution in [0.4, 0.5) is 13.2 Å². The van der Waals surface area contributed by atoms with Gasteiger partial charge in [0.1, 0.15) is 5.69 Å². The standard InChI is InChI=1S/C18H16ClF3N6O/c1-9-8-13-16(25-26-28(13)14-6-7-23-24-14)10(2)27(9)17(29)11-4-3-5-12(15(11)19)18(20,21)22/h3-7,9-10H,8H2,1-2H3,(H,23,24)/t9-,10-/m0/s1. The first-order valence-corrected chi connectivity index (χ1v) is 9.20. The van der Waals surface area contributed by atoms with Gasteiger partial charge in [-0.2, -0.15) is 23.0 Å². The minimum atomic E-state index is -4.65. The van der Waals surface area contributed by atoms with Gasteiger partial charge < -0.3 is 4.90 Å². The highest BCUT2D eigenvalue weighted by atomic mass is 35.5. The average Bonchev–Trinajstić information content (AvgIpc) is 3.30. The Morgan fingerprint density at radius 2 is 2.03 bits per heavy atom. The normalized spacial score (nSPS) is 19.3. The number of hydrogen-bond acceptors (Lipinski definition) is 4. The lowest BCUT2D eigenvalue weighted by Gasteiger charge is -2.38. The van der Waals surface area contributed by atoms with Crippen molar-refractivity contribution in [3.63, 3.8) is 0 Å². The molecule has 152 valence electrons. The summed E-state index contributed by atoms with van der Waals surface area (Å²) in [5.41, 5.74) is 0.167. The number of alkyl halides is 3. The molecule has 0 bridgehead atoms. The second kappa shape index (κ2) is 6.87. The van der Waals surface area contributed by atoms with Crippen LogP contribution in [0.15, 0.2) is 30.5 Å². The zero-order valence-electron chi connectivity index (χ0n) is 15.4. The van der Waals surface area contributed by atoms with Gasteiger partial charge in [0.2, 0.25) is 0 Å². The molecule has 1 aliphatic heterocycles. The molecule has 0 radical (unpaired) electrons. The molecule has 2 aromatic heterocycles. The molecule has 11 heteroatoms. The second-order valence-electron chi connectivity index (χ2n) is 6.88. The Kier molecular flexibility index (Phi) is 4.60. The Labute approximate surface area is 168 Å². The molecule has 2 atom stereocenters. The number of nitrogens with one attached hydrogen (secondary N) is 1. The minimum absolute atomic E-state index is 0.190. The average molecular weight is 425 g/mol. The first-order chi connectivity index (χ1) is 13.7. The number of benzene rings is 1. The Balaban J connectivity index is 1.72. The van der Waals surface area contributed by atoms with Crippen LogP contribution in [-0.4, -0.2) is 42.0 Å². The van der Waals surface area contributed by atoms with Gasteiger partial charge in [-0.3, -0.25) is 9.89 Å². The van der Waals surface area contributed by atoms with Crippen molar-refractivity contribution in [1.82, 2.24) is 30.1 Å². The van der Waals surface area contributed by atoms with E-state index in [9.17, 15) is 18.0 Å². The van der Waals surface area contributed by atoms with Gasteiger partial charge in [-0.25, -0.2) is 0 Å². The van der Waals surface area contributed by atoms with Gasteiger partial charge in [0.05, 0.1) is 34.1 Å². The van der Waals surface area contributed by atoms with Crippen LogP contribution in [0.3, 0.4) is 0 Å². The smallest absolute Gasteiger partial charge is 0.327 e. The lowest BCUT2D eigenvalue weighted by atomic mass is 9.96. The molecule has 0 spiro atoms. The molecule has 0 saturated carbocycles. The summed E-state index contributed by atoms with van der Waals surface area (Å²) < 4.78 is 41.2. The van der Waals surface area contributed by atoms with Gasteiger partial charge in [-0.1, -0.05) is 22.9 Å². The SMILES string of the molecule is C[C@H]1Cc2c(nnn2-c2ccn[nH]2)[C@H](C)N1C(=O)c1cccc(C(F)(F)F)c1Cl. The van der Waals surface area contributed by atoms with Crippen molar-refractivity contribution in [3.8, 4) is 5.82 Å². The van der Waals surface area contributed by atoms with Gasteiger partial charge in [0.25, 0.3) is 5.91 Å². The van der Waals surface area contributed by atoms with Gasteiger partial charge in [-0.05, 0) is 26.0 Å². The lowest BCUT2D eigenvalue weighted by molar-refractivity contribution is -0.137. The number of aromatic nitrogens is 5. The molecule has 7 nitrogen and oxygen atoms in total. The summed E-state index contributed by atoms with van der Waals surface area (Å²) in [5, 5.41) is 14.4. The molecule has 0 fully saturated rings. The molecule has 3 aromatic rings. The Bertz CT molecular complexity index is 1060. The fraction of sp³-hybridized carbons (Fsp3) is 0.333. The predicted octanol–water partition coefficient (Wildman–Crippen LogP) is 3.81. The van der Waals surface area contributed by atoms with Crippen LogP contribution in [0.1, 0.15) is 47.2 Å². The zero-order valence-corrected chi connectivity index (χ0v) is 16.2. The van der Waals surface area contributed by atoms with Crippen molar-refractivity contribution in [2.24, 2.45) is 0 Å². The monoisotopic (exact) mass is 424 g/mol. The summed E-state index contributed by atoms with van der Waals surface area (Å²) in [7, 11) is 0. The summed E-state index contributed by atoms with van der Waals surface area (Å²) in [4.78, 5) is 14.7. The molecule has 29 heavy (non-hydrogen) atoms. The molecule has 0 aliphatic carbocycles. The molecule has 1 aliphatic rings. The topological polar surface area (TPSA) is 79.7 Å². The van der Waals surface area contributed by atoms with Crippen LogP contribution in [0.5, 0.6) is 0 Å². The number of aromatic amines is 1. The van der Waals surface area contributed by atoms with Crippen molar-refractivity contribution < 1.29 is 18.0 Å². The number of hydrogen-bond donors (Lipinski definition) is 1. The van der Waals surface area contributed by atoms with Crippen LogP contribution >= 0.6 is 11.6 Å². The minimum Gasteiger partial charge on any atom is -0.327 e. The second-order valence-corrected chi connectivity index (χ2v) is 7.26. The third kappa shape index (κ3) is 3.17. The summed E-state index contributed by atoms with van der Waals surface area (Å²) in [6, 6.07) is 4.28. The molecule has 1 amide bonds. The Morgan fingerprint density at radius 3 is 2.69 bits per heavy atom. The van der Waals surface area contributed by atoms with E-state index in [2.05, 4.69) is 20.5 Å². The number of nitrogens with zero attached hydrogens (tertiary/aromatic N) is 5. The molecule has 1 aromatic carbocycles. The summed E-state index contributed by atoms with van der Waals surface area (Å²) in [5.74, 6) is 0.0571. The van der Waals surface area contributed by atoms with E-state index < -0.39 is 28.7 Å². The fourth-order valence-electron chi connectivity index (χ4n) is 3.71. The summed E-state index contributed by atoms with van der Waals surface area (Å²) in [6.45, 7) is 3.59. The maximum absolute atomic E-state index is 13.2. The van der Waals surface area contributed by atoms with E-state index in [0.717, 1.165) is 11.8 Å². The Hall–Kier alpha value is -2.88. The Morgan fingerprint density at radius 1 is 1.28 bits per heavy atom. The molecule has 0 saturated heterocycles. The largest absolute Gasteiger partial charge is 0.417 e. The van der Waals surface area contributed by atoms with Gasteiger partial charge in [-0.15, -0.1) is 5.10 Å². The highest BCUT2D eigenvalue weighted by molar-refractivity contribution is 6.34. The molecule has 1 N–H and O–H groups in total. The summed E-state index contributed by atoms with van der Waals surface area (Å²) in [6.07, 6.45) is -2.63. The summed E-state index contributed by atoms with van der Waals surface area (Å²) >= 11 is 5.96. The van der Waals surface area contributed by atoms with E-state index in [4.69, 9.17) is 11.6 Å². The first kappa shape index (κ1) is 19.4. The molecule has 0 unspecified atom stereocenters. The van der Waals surface area contributed by atoms with Crippen molar-refractivity contribution >= 4 is 17.5 Å². The van der Waals surface area contributed by atoms with Gasteiger partial charge in [0.15, 0.2) is 5.82 Å². The lowest BCUT2D eigenvalue weighted by Crippen LogP contribution is -2.45. The zero-order chi connectivity index (χ0) is 20.9. The van der Waals surface area contributed by atoms with Crippen molar-refractivity contribution in [3.05, 3.63) is 58.0 Å². The van der Waals surface area contributed by atoms with Crippen LogP contribution in [0, 0.1) is 0 Å². The van der Waals surface area contributed by atoms with E-state index in [1.807, 2.05) is 6.92 Å².